The molecular weight excluding hydrogens is 248 g/mol. The summed E-state index contributed by atoms with van der Waals surface area (Å²) in [7, 11) is -4.64. The number of carbonyl (C=O) groups is 1. The zero-order valence-corrected chi connectivity index (χ0v) is 10.9. The zero-order valence-electron chi connectivity index (χ0n) is 10.1. The van der Waals surface area contributed by atoms with E-state index in [0.29, 0.717) is 6.42 Å². The van der Waals surface area contributed by atoms with Gasteiger partial charge < -0.3 is 5.11 Å². The lowest BCUT2D eigenvalue weighted by atomic mass is 9.53. The number of aliphatic hydroxyl groups excluding tert-OH is 1. The van der Waals surface area contributed by atoms with Gasteiger partial charge in [0.05, 0.1) is 0 Å². The third-order valence-electron chi connectivity index (χ3n) is 3.68. The fourth-order valence-corrected chi connectivity index (χ4v) is 2.89. The van der Waals surface area contributed by atoms with Crippen molar-refractivity contribution in [3.05, 3.63) is 0 Å². The van der Waals surface area contributed by atoms with Crippen molar-refractivity contribution in [3.63, 3.8) is 0 Å². The van der Waals surface area contributed by atoms with Crippen molar-refractivity contribution < 1.29 is 27.1 Å². The molecule has 0 heterocycles. The van der Waals surface area contributed by atoms with Gasteiger partial charge in [0.15, 0.2) is 6.29 Å². The summed E-state index contributed by atoms with van der Waals surface area (Å²) in [6.07, 6.45) is -0.882. The Kier molecular flexibility index (Phi) is 3.97. The number of carbonyl (C=O) groups excluding carboxylic acids is 1. The Balaban J connectivity index is 2.53. The van der Waals surface area contributed by atoms with Gasteiger partial charge in [-0.25, -0.2) is 4.18 Å². The number of Topliss-reactive ketones (excluding diaryl/α,β-unsaturated/α-hetero) is 1. The fraction of sp³-hybridized carbons (Fsp3) is 0.900. The molecule has 1 saturated carbocycles. The van der Waals surface area contributed by atoms with Gasteiger partial charge >= 0.3 is 10.4 Å². The molecule has 17 heavy (non-hydrogen) atoms. The van der Waals surface area contributed by atoms with E-state index in [2.05, 4.69) is 4.18 Å². The van der Waals surface area contributed by atoms with E-state index >= 15 is 0 Å². The molecule has 1 fully saturated rings. The molecule has 1 aliphatic rings. The Morgan fingerprint density at radius 3 is 2.41 bits per heavy atom. The minimum absolute atomic E-state index is 0.00634. The minimum Gasteiger partial charge on any atom is -0.367 e. The Morgan fingerprint density at radius 1 is 1.53 bits per heavy atom. The van der Waals surface area contributed by atoms with Crippen molar-refractivity contribution in [2.24, 2.45) is 17.3 Å². The molecule has 0 saturated heterocycles. The normalized spacial score (nSPS) is 29.5. The van der Waals surface area contributed by atoms with Gasteiger partial charge in [-0.2, -0.15) is 8.42 Å². The van der Waals surface area contributed by atoms with E-state index in [-0.39, 0.29) is 29.5 Å². The van der Waals surface area contributed by atoms with Gasteiger partial charge in [0.2, 0.25) is 0 Å². The van der Waals surface area contributed by atoms with Crippen molar-refractivity contribution >= 4 is 16.2 Å². The minimum atomic E-state index is -4.64. The summed E-state index contributed by atoms with van der Waals surface area (Å²) in [5, 5.41) is 9.33. The quantitative estimate of drug-likeness (QED) is 0.563. The average molecular weight is 266 g/mol. The van der Waals surface area contributed by atoms with E-state index in [0.717, 1.165) is 0 Å². The van der Waals surface area contributed by atoms with Crippen LogP contribution >= 0.6 is 0 Å². The van der Waals surface area contributed by atoms with Crippen LogP contribution in [0.25, 0.3) is 0 Å². The number of hydrogen-bond donors (Lipinski definition) is 2. The first kappa shape index (κ1) is 14.6. The summed E-state index contributed by atoms with van der Waals surface area (Å²) < 4.78 is 33.2. The van der Waals surface area contributed by atoms with Crippen LogP contribution in [-0.4, -0.2) is 30.2 Å². The maximum Gasteiger partial charge on any atom is 0.399 e. The number of rotatable bonds is 5. The largest absolute Gasteiger partial charge is 0.399 e. The molecule has 1 aliphatic carbocycles. The lowest BCUT2D eigenvalue weighted by Gasteiger charge is -2.51. The molecule has 0 aliphatic heterocycles. The first-order chi connectivity index (χ1) is 7.54. The standard InChI is InChI=1S/C10H18O6S/c1-6(11)8-4-7(10(8,2)3)5-9(12)16-17(13,14)15/h7-9,12H,4-5H2,1-3H3,(H,13,14,15). The van der Waals surface area contributed by atoms with Gasteiger partial charge in [-0.1, -0.05) is 13.8 Å². The molecule has 0 radical (unpaired) electrons. The van der Waals surface area contributed by atoms with Crippen LogP contribution in [0.4, 0.5) is 0 Å². The van der Waals surface area contributed by atoms with Crippen LogP contribution in [0.2, 0.25) is 0 Å². The molecule has 100 valence electrons. The summed E-state index contributed by atoms with van der Waals surface area (Å²) in [5.41, 5.74) is -0.282. The first-order valence-corrected chi connectivity index (χ1v) is 6.74. The maximum atomic E-state index is 11.3. The summed E-state index contributed by atoms with van der Waals surface area (Å²) >= 11 is 0. The predicted molar refractivity (Wildman–Crippen MR) is 59.3 cm³/mol. The van der Waals surface area contributed by atoms with Crippen molar-refractivity contribution in [3.8, 4) is 0 Å². The Morgan fingerprint density at radius 2 is 2.06 bits per heavy atom. The van der Waals surface area contributed by atoms with Gasteiger partial charge in [-0.15, -0.1) is 0 Å². The van der Waals surface area contributed by atoms with E-state index in [9.17, 15) is 18.3 Å². The van der Waals surface area contributed by atoms with Crippen LogP contribution < -0.4 is 0 Å². The predicted octanol–water partition coefficient (Wildman–Crippen LogP) is 0.766. The van der Waals surface area contributed by atoms with Crippen molar-refractivity contribution in [2.75, 3.05) is 0 Å². The number of aliphatic hydroxyl groups is 1. The van der Waals surface area contributed by atoms with Gasteiger partial charge in [0.25, 0.3) is 0 Å². The third kappa shape index (κ3) is 3.48. The third-order valence-corrected chi connectivity index (χ3v) is 4.15. The monoisotopic (exact) mass is 266 g/mol. The molecule has 0 spiro atoms. The van der Waals surface area contributed by atoms with Crippen molar-refractivity contribution in [2.45, 2.75) is 39.9 Å². The van der Waals surface area contributed by atoms with Gasteiger partial charge in [-0.3, -0.25) is 9.35 Å². The van der Waals surface area contributed by atoms with E-state index in [1.807, 2.05) is 13.8 Å². The van der Waals surface area contributed by atoms with Gasteiger partial charge in [0, 0.05) is 12.3 Å². The second-order valence-electron chi connectivity index (χ2n) is 5.13. The fourth-order valence-electron chi connectivity index (χ4n) is 2.53. The van der Waals surface area contributed by atoms with E-state index in [1.165, 1.54) is 6.92 Å². The maximum absolute atomic E-state index is 11.3. The molecule has 0 amide bonds. The van der Waals surface area contributed by atoms with Gasteiger partial charge in [0.1, 0.15) is 5.78 Å². The summed E-state index contributed by atoms with van der Waals surface area (Å²) in [6.45, 7) is 5.31. The Hall–Kier alpha value is -0.500. The van der Waals surface area contributed by atoms with Crippen LogP contribution in [0.15, 0.2) is 0 Å². The van der Waals surface area contributed by atoms with E-state index in [1.54, 1.807) is 0 Å². The second-order valence-corrected chi connectivity index (χ2v) is 6.18. The number of hydrogen-bond acceptors (Lipinski definition) is 5. The van der Waals surface area contributed by atoms with Gasteiger partial charge in [-0.05, 0) is 24.7 Å². The molecule has 2 N–H and O–H groups in total. The second kappa shape index (κ2) is 4.64. The molecule has 0 aromatic heterocycles. The zero-order chi connectivity index (χ0) is 13.4. The smallest absolute Gasteiger partial charge is 0.367 e. The first-order valence-electron chi connectivity index (χ1n) is 5.38. The molecular formula is C10H18O6S. The highest BCUT2D eigenvalue weighted by atomic mass is 32.3. The van der Waals surface area contributed by atoms with Crippen LogP contribution in [-0.2, 0) is 19.4 Å². The topological polar surface area (TPSA) is 101 Å². The Labute approximate surface area is 101 Å². The van der Waals surface area contributed by atoms with E-state index in [4.69, 9.17) is 4.55 Å². The molecule has 3 unspecified atom stereocenters. The highest BCUT2D eigenvalue weighted by Gasteiger charge is 2.50. The lowest BCUT2D eigenvalue weighted by Crippen LogP contribution is -2.49. The molecule has 6 nitrogen and oxygen atoms in total. The highest BCUT2D eigenvalue weighted by Crippen LogP contribution is 2.53. The summed E-state index contributed by atoms with van der Waals surface area (Å²) in [6, 6.07) is 0. The SMILES string of the molecule is CC(=O)C1CC(CC(O)OS(=O)(=O)O)C1(C)C. The average Bonchev–Trinajstić information content (AvgIpc) is 2.07. The molecule has 0 aromatic rings. The Bertz CT molecular complexity index is 399. The molecule has 3 atom stereocenters. The van der Waals surface area contributed by atoms with Crippen LogP contribution in [0.3, 0.4) is 0 Å². The van der Waals surface area contributed by atoms with Crippen LogP contribution in [0.5, 0.6) is 0 Å². The lowest BCUT2D eigenvalue weighted by molar-refractivity contribution is -0.143. The van der Waals surface area contributed by atoms with E-state index < -0.39 is 16.7 Å². The highest BCUT2D eigenvalue weighted by molar-refractivity contribution is 7.80. The van der Waals surface area contributed by atoms with Crippen LogP contribution in [0, 0.1) is 17.3 Å². The molecule has 1 rings (SSSR count). The molecule has 7 heteroatoms. The summed E-state index contributed by atoms with van der Waals surface area (Å²) in [4.78, 5) is 11.3. The summed E-state index contributed by atoms with van der Waals surface area (Å²) in [5.74, 6) is 0.0232. The molecule has 0 aromatic carbocycles. The van der Waals surface area contributed by atoms with Crippen molar-refractivity contribution in [1.29, 1.82) is 0 Å². The molecule has 0 bridgehead atoms. The van der Waals surface area contributed by atoms with Crippen molar-refractivity contribution in [1.82, 2.24) is 0 Å². The van der Waals surface area contributed by atoms with Crippen LogP contribution in [0.1, 0.15) is 33.6 Å². The number of ketones is 1.